The maximum atomic E-state index is 12.1. The molecule has 48 heavy (non-hydrogen) atoms. The summed E-state index contributed by atoms with van der Waals surface area (Å²) in [5, 5.41) is 19.5. The third kappa shape index (κ3) is 34.6. The lowest BCUT2D eigenvalue weighted by Gasteiger charge is -2.15. The molecule has 0 saturated heterocycles. The van der Waals surface area contributed by atoms with Crippen molar-refractivity contribution in [3.05, 3.63) is 72.9 Å². The Bertz CT molecular complexity index is 913. The first kappa shape index (κ1) is 45.3. The summed E-state index contributed by atoms with van der Waals surface area (Å²) in [6.45, 7) is 3.88. The molecule has 0 saturated carbocycles. The maximum absolute atomic E-state index is 12.1. The van der Waals surface area contributed by atoms with Gasteiger partial charge in [-0.1, -0.05) is 170 Å². The van der Waals surface area contributed by atoms with Crippen LogP contribution in [0.3, 0.4) is 0 Å². The van der Waals surface area contributed by atoms with Gasteiger partial charge in [-0.15, -0.1) is 0 Å². The van der Waals surface area contributed by atoms with Crippen LogP contribution < -0.4 is 0 Å². The molecule has 2 atom stereocenters. The van der Waals surface area contributed by atoms with Gasteiger partial charge in [0.1, 0.15) is 6.61 Å². The molecule has 0 aromatic carbocycles. The van der Waals surface area contributed by atoms with E-state index in [0.717, 1.165) is 44.9 Å². The Morgan fingerprint density at radius 3 is 1.75 bits per heavy atom. The molecule has 274 valence electrons. The van der Waals surface area contributed by atoms with Crippen LogP contribution in [0.1, 0.15) is 155 Å². The number of hydrogen-bond donors (Lipinski definition) is 2. The van der Waals surface area contributed by atoms with E-state index < -0.39 is 18.2 Å². The van der Waals surface area contributed by atoms with Crippen LogP contribution in [0.5, 0.6) is 0 Å². The fourth-order valence-electron chi connectivity index (χ4n) is 4.96. The second-order valence-electron chi connectivity index (χ2n) is 12.5. The average Bonchev–Trinajstić information content (AvgIpc) is 3.08. The molecule has 1 unspecified atom stereocenters. The summed E-state index contributed by atoms with van der Waals surface area (Å²) in [7, 11) is 0. The summed E-state index contributed by atoms with van der Waals surface area (Å²) in [5.41, 5.74) is 0. The Balaban J connectivity index is 3.79. The van der Waals surface area contributed by atoms with Crippen LogP contribution in [0.25, 0.3) is 0 Å². The number of hydrogen-bond acceptors (Lipinski definition) is 6. The Kier molecular flexibility index (Phi) is 35.0. The van der Waals surface area contributed by atoms with Gasteiger partial charge in [-0.25, -0.2) is 0 Å². The van der Waals surface area contributed by atoms with Gasteiger partial charge in [0, 0.05) is 12.8 Å². The van der Waals surface area contributed by atoms with E-state index >= 15 is 0 Å². The van der Waals surface area contributed by atoms with Crippen molar-refractivity contribution >= 4 is 11.9 Å². The second-order valence-corrected chi connectivity index (χ2v) is 12.5. The first-order chi connectivity index (χ1) is 23.5. The molecule has 2 N–H and O–H groups in total. The minimum absolute atomic E-state index is 0.111. The molecule has 0 aliphatic carbocycles. The lowest BCUT2D eigenvalue weighted by molar-refractivity contribution is -0.161. The van der Waals surface area contributed by atoms with Gasteiger partial charge < -0.3 is 19.7 Å². The molecule has 0 bridgehead atoms. The van der Waals surface area contributed by atoms with Crippen molar-refractivity contribution in [1.29, 1.82) is 0 Å². The molecular formula is C42H70O6. The fraction of sp³-hybridized carbons (Fsp3) is 0.667. The van der Waals surface area contributed by atoms with Crippen LogP contribution in [-0.2, 0) is 19.1 Å². The molecule has 0 aliphatic rings. The standard InChI is InChI=1S/C42H70O6/c1-3-5-7-9-11-12-13-14-15-16-20-23-27-31-35-41(45)47-38-40(37-43)48-42(46)36-32-28-24-21-18-17-19-22-26-30-34-39(44)33-29-25-10-8-6-4-2/h6,8,17-18,22,24-26,28-30,34,39-40,43-44H,3-5,7,9-16,19-21,23,27,31-33,35-38H2,1-2H3/b8-6-,18-17-,26-22-,28-24-,29-25-,34-30+/t39?,40-/m0/s1. The summed E-state index contributed by atoms with van der Waals surface area (Å²) in [4.78, 5) is 24.2. The van der Waals surface area contributed by atoms with Crippen molar-refractivity contribution < 1.29 is 29.3 Å². The number of ether oxygens (including phenoxy) is 2. The van der Waals surface area contributed by atoms with Gasteiger partial charge in [-0.3, -0.25) is 9.59 Å². The Morgan fingerprint density at radius 2 is 1.15 bits per heavy atom. The molecule has 0 rings (SSSR count). The number of carbonyl (C=O) groups is 2. The predicted octanol–water partition coefficient (Wildman–Crippen LogP) is 10.8. The topological polar surface area (TPSA) is 93.1 Å². The molecule has 0 aromatic rings. The summed E-state index contributed by atoms with van der Waals surface area (Å²) in [6, 6.07) is 0. The van der Waals surface area contributed by atoms with Crippen LogP contribution >= 0.6 is 0 Å². The highest BCUT2D eigenvalue weighted by molar-refractivity contribution is 5.70. The number of aliphatic hydroxyl groups is 2. The molecule has 0 aromatic heterocycles. The van der Waals surface area contributed by atoms with Gasteiger partial charge in [0.05, 0.1) is 12.7 Å². The van der Waals surface area contributed by atoms with Crippen LogP contribution in [-0.4, -0.2) is 47.6 Å². The fourth-order valence-corrected chi connectivity index (χ4v) is 4.96. The zero-order valence-corrected chi connectivity index (χ0v) is 30.6. The van der Waals surface area contributed by atoms with Crippen LogP contribution in [0.4, 0.5) is 0 Å². The molecule has 0 heterocycles. The second kappa shape index (κ2) is 37.1. The van der Waals surface area contributed by atoms with Crippen molar-refractivity contribution in [2.24, 2.45) is 0 Å². The Labute approximate surface area is 294 Å². The van der Waals surface area contributed by atoms with Crippen molar-refractivity contribution in [1.82, 2.24) is 0 Å². The average molecular weight is 671 g/mol. The molecule has 0 fully saturated rings. The van der Waals surface area contributed by atoms with E-state index in [1.54, 1.807) is 6.08 Å². The minimum Gasteiger partial charge on any atom is -0.462 e. The molecule has 6 heteroatoms. The molecular weight excluding hydrogens is 600 g/mol. The molecule has 6 nitrogen and oxygen atoms in total. The van der Waals surface area contributed by atoms with Crippen LogP contribution in [0.2, 0.25) is 0 Å². The highest BCUT2D eigenvalue weighted by atomic mass is 16.6. The zero-order chi connectivity index (χ0) is 35.2. The summed E-state index contributed by atoms with van der Waals surface area (Å²) >= 11 is 0. The summed E-state index contributed by atoms with van der Waals surface area (Å²) < 4.78 is 10.5. The lowest BCUT2D eigenvalue weighted by atomic mass is 10.0. The van der Waals surface area contributed by atoms with E-state index in [4.69, 9.17) is 9.47 Å². The summed E-state index contributed by atoms with van der Waals surface area (Å²) in [5.74, 6) is -0.722. The monoisotopic (exact) mass is 671 g/mol. The van der Waals surface area contributed by atoms with Gasteiger partial charge in [-0.2, -0.15) is 0 Å². The molecule has 0 aliphatic heterocycles. The number of aliphatic hydroxyl groups excluding tert-OH is 2. The highest BCUT2D eigenvalue weighted by Gasteiger charge is 2.15. The third-order valence-corrected chi connectivity index (χ3v) is 7.86. The van der Waals surface area contributed by atoms with E-state index in [2.05, 4.69) is 44.2 Å². The Morgan fingerprint density at radius 1 is 0.604 bits per heavy atom. The number of carbonyl (C=O) groups excluding carboxylic acids is 2. The SMILES string of the molecule is CC/C=C\C/C=C\CC(O)/C=C/C=C\C/C=C\C/C=C\CCC(=O)O[C@@H](CO)COC(=O)CCCCCCCCCCCCCCCC. The number of esters is 2. The largest absolute Gasteiger partial charge is 0.462 e. The van der Waals surface area contributed by atoms with Gasteiger partial charge >= 0.3 is 11.9 Å². The quantitative estimate of drug-likeness (QED) is 0.0312. The highest BCUT2D eigenvalue weighted by Crippen LogP contribution is 2.13. The van der Waals surface area contributed by atoms with E-state index in [1.165, 1.54) is 70.6 Å². The minimum atomic E-state index is -0.828. The van der Waals surface area contributed by atoms with E-state index in [0.29, 0.717) is 19.3 Å². The van der Waals surface area contributed by atoms with Gasteiger partial charge in [0.2, 0.25) is 0 Å². The number of unbranched alkanes of at least 4 members (excludes halogenated alkanes) is 13. The lowest BCUT2D eigenvalue weighted by Crippen LogP contribution is -2.28. The first-order valence-electron chi connectivity index (χ1n) is 19.1. The van der Waals surface area contributed by atoms with E-state index in [-0.39, 0.29) is 25.6 Å². The Hall–Kier alpha value is -2.70. The first-order valence-corrected chi connectivity index (χ1v) is 19.1. The van der Waals surface area contributed by atoms with Gasteiger partial charge in [0.15, 0.2) is 6.10 Å². The summed E-state index contributed by atoms with van der Waals surface area (Å²) in [6.07, 6.45) is 45.7. The van der Waals surface area contributed by atoms with Crippen LogP contribution in [0.15, 0.2) is 72.9 Å². The van der Waals surface area contributed by atoms with Gasteiger partial charge in [-0.05, 0) is 44.9 Å². The third-order valence-electron chi connectivity index (χ3n) is 7.86. The van der Waals surface area contributed by atoms with Crippen molar-refractivity contribution in [2.75, 3.05) is 13.2 Å². The van der Waals surface area contributed by atoms with E-state index in [1.807, 2.05) is 36.5 Å². The van der Waals surface area contributed by atoms with Crippen molar-refractivity contribution in [3.63, 3.8) is 0 Å². The normalized spacial score (nSPS) is 13.7. The number of allylic oxidation sites excluding steroid dienone is 10. The zero-order valence-electron chi connectivity index (χ0n) is 30.6. The molecule has 0 spiro atoms. The van der Waals surface area contributed by atoms with E-state index in [9.17, 15) is 19.8 Å². The predicted molar refractivity (Wildman–Crippen MR) is 202 cm³/mol. The van der Waals surface area contributed by atoms with Crippen molar-refractivity contribution in [2.45, 2.75) is 167 Å². The smallest absolute Gasteiger partial charge is 0.306 e. The van der Waals surface area contributed by atoms with Crippen LogP contribution in [0, 0.1) is 0 Å². The molecule has 0 amide bonds. The maximum Gasteiger partial charge on any atom is 0.306 e. The van der Waals surface area contributed by atoms with Gasteiger partial charge in [0.25, 0.3) is 0 Å². The molecule has 0 radical (unpaired) electrons. The van der Waals surface area contributed by atoms with Crippen molar-refractivity contribution in [3.8, 4) is 0 Å². The number of rotatable bonds is 33.